The van der Waals surface area contributed by atoms with E-state index in [2.05, 4.69) is 4.98 Å². The van der Waals surface area contributed by atoms with Crippen molar-refractivity contribution in [1.82, 2.24) is 9.29 Å². The third-order valence-electron chi connectivity index (χ3n) is 4.04. The summed E-state index contributed by atoms with van der Waals surface area (Å²) in [6, 6.07) is 6.94. The molecule has 0 fully saturated rings. The molecule has 2 aromatic rings. The van der Waals surface area contributed by atoms with E-state index in [9.17, 15) is 8.42 Å². The van der Waals surface area contributed by atoms with Crippen molar-refractivity contribution < 1.29 is 8.42 Å². The molecule has 1 heterocycles. The molecule has 2 N–H and O–H groups in total. The van der Waals surface area contributed by atoms with Crippen molar-refractivity contribution in [3.05, 3.63) is 35.3 Å². The second-order valence-corrected chi connectivity index (χ2v) is 9.25. The van der Waals surface area contributed by atoms with Crippen LogP contribution in [0, 0.1) is 12.8 Å². The van der Waals surface area contributed by atoms with E-state index in [-0.39, 0.29) is 10.9 Å². The van der Waals surface area contributed by atoms with Gasteiger partial charge in [0.2, 0.25) is 10.0 Å². The van der Waals surface area contributed by atoms with Gasteiger partial charge in [-0.05, 0) is 31.4 Å². The van der Waals surface area contributed by atoms with Gasteiger partial charge in [0.05, 0.1) is 4.90 Å². The Morgan fingerprint density at radius 2 is 2.04 bits per heavy atom. The molecule has 0 saturated carbocycles. The van der Waals surface area contributed by atoms with Gasteiger partial charge in [-0.2, -0.15) is 0 Å². The highest BCUT2D eigenvalue weighted by atomic mass is 32.2. The van der Waals surface area contributed by atoms with Crippen molar-refractivity contribution in [2.75, 3.05) is 13.6 Å². The van der Waals surface area contributed by atoms with Crippen LogP contribution in [0.25, 0.3) is 10.6 Å². The lowest BCUT2D eigenvalue weighted by Crippen LogP contribution is -2.34. The Morgan fingerprint density at radius 1 is 1.33 bits per heavy atom. The van der Waals surface area contributed by atoms with Crippen molar-refractivity contribution in [2.24, 2.45) is 11.7 Å². The predicted octanol–water partition coefficient (Wildman–Crippen LogP) is 3.11. The molecule has 1 unspecified atom stereocenters. The lowest BCUT2D eigenvalue weighted by atomic mass is 10.0. The van der Waals surface area contributed by atoms with E-state index in [0.717, 1.165) is 16.3 Å². The van der Waals surface area contributed by atoms with Crippen LogP contribution in [0.15, 0.2) is 34.5 Å². The summed E-state index contributed by atoms with van der Waals surface area (Å²) in [5.41, 5.74) is 7.77. The van der Waals surface area contributed by atoms with Gasteiger partial charge < -0.3 is 5.73 Å². The second-order valence-electron chi connectivity index (χ2n) is 6.34. The van der Waals surface area contributed by atoms with Crippen LogP contribution in [-0.4, -0.2) is 37.3 Å². The summed E-state index contributed by atoms with van der Waals surface area (Å²) in [7, 11) is -1.93. The Hall–Kier alpha value is -1.28. The lowest BCUT2D eigenvalue weighted by molar-refractivity contribution is 0.397. The van der Waals surface area contributed by atoms with Gasteiger partial charge in [-0.15, -0.1) is 11.3 Å². The molecule has 1 atom stereocenters. The van der Waals surface area contributed by atoms with Gasteiger partial charge >= 0.3 is 0 Å². The summed E-state index contributed by atoms with van der Waals surface area (Å²) >= 11 is 1.51. The van der Waals surface area contributed by atoms with Crippen molar-refractivity contribution in [1.29, 1.82) is 0 Å². The summed E-state index contributed by atoms with van der Waals surface area (Å²) in [6.07, 6.45) is 0.638. The van der Waals surface area contributed by atoms with Crippen molar-refractivity contribution in [3.8, 4) is 10.6 Å². The van der Waals surface area contributed by atoms with Gasteiger partial charge in [0.1, 0.15) is 5.01 Å². The summed E-state index contributed by atoms with van der Waals surface area (Å²) in [5.74, 6) is 0.331. The van der Waals surface area contributed by atoms with Crippen LogP contribution in [0.1, 0.15) is 26.0 Å². The topological polar surface area (TPSA) is 76.3 Å². The molecule has 0 radical (unpaired) electrons. The van der Waals surface area contributed by atoms with Gasteiger partial charge in [-0.1, -0.05) is 26.0 Å². The van der Waals surface area contributed by atoms with Crippen LogP contribution in [0.2, 0.25) is 0 Å². The molecule has 0 spiro atoms. The maximum atomic E-state index is 12.8. The molecule has 0 amide bonds. The molecule has 0 saturated heterocycles. The Labute approximate surface area is 148 Å². The summed E-state index contributed by atoms with van der Waals surface area (Å²) in [5, 5.41) is 2.78. The Kier molecular flexibility index (Phi) is 6.14. The Bertz CT molecular complexity index is 785. The molecule has 24 heavy (non-hydrogen) atoms. The van der Waals surface area contributed by atoms with E-state index in [1.165, 1.54) is 15.6 Å². The average Bonchev–Trinajstić information content (AvgIpc) is 2.98. The van der Waals surface area contributed by atoms with Crippen molar-refractivity contribution in [2.45, 2.75) is 38.1 Å². The number of hydrogen-bond acceptors (Lipinski definition) is 5. The molecule has 1 aromatic heterocycles. The van der Waals surface area contributed by atoms with Crippen LogP contribution in [0.3, 0.4) is 0 Å². The summed E-state index contributed by atoms with van der Waals surface area (Å²) in [4.78, 5) is 4.71. The first-order valence-corrected chi connectivity index (χ1v) is 10.3. The smallest absolute Gasteiger partial charge is 0.242 e. The first kappa shape index (κ1) is 19.1. The van der Waals surface area contributed by atoms with Crippen molar-refractivity contribution in [3.63, 3.8) is 0 Å². The predicted molar refractivity (Wildman–Crippen MR) is 99.5 cm³/mol. The molecule has 1 aromatic carbocycles. The lowest BCUT2D eigenvalue weighted by Gasteiger charge is -2.21. The van der Waals surface area contributed by atoms with E-state index < -0.39 is 10.0 Å². The highest BCUT2D eigenvalue weighted by molar-refractivity contribution is 7.89. The molecule has 0 aliphatic carbocycles. The summed E-state index contributed by atoms with van der Waals surface area (Å²) in [6.45, 7) is 6.41. The van der Waals surface area contributed by atoms with Crippen LogP contribution in [0.5, 0.6) is 0 Å². The quantitative estimate of drug-likeness (QED) is 0.816. The minimum atomic E-state index is -3.53. The molecule has 7 heteroatoms. The zero-order chi connectivity index (χ0) is 17.9. The van der Waals surface area contributed by atoms with Gasteiger partial charge in [0, 0.05) is 36.3 Å². The fourth-order valence-electron chi connectivity index (χ4n) is 2.24. The number of nitrogens with two attached hydrogens (primary N) is 1. The SMILES string of the molecule is Cc1csc(-c2cccc(S(=O)(=O)N(C)CCC(N)C(C)C)c2)n1. The van der Waals surface area contributed by atoms with Gasteiger partial charge in [-0.25, -0.2) is 17.7 Å². The van der Waals surface area contributed by atoms with Crippen LogP contribution < -0.4 is 5.73 Å². The zero-order valence-electron chi connectivity index (χ0n) is 14.6. The van der Waals surface area contributed by atoms with E-state index in [1.807, 2.05) is 32.2 Å². The first-order chi connectivity index (χ1) is 11.2. The van der Waals surface area contributed by atoms with Gasteiger partial charge in [0.25, 0.3) is 0 Å². The van der Waals surface area contributed by atoms with E-state index in [0.29, 0.717) is 18.9 Å². The largest absolute Gasteiger partial charge is 0.327 e. The van der Waals surface area contributed by atoms with E-state index in [1.54, 1.807) is 25.2 Å². The molecule has 0 bridgehead atoms. The number of rotatable bonds is 7. The Morgan fingerprint density at radius 3 is 2.62 bits per heavy atom. The number of aromatic nitrogens is 1. The molecule has 132 valence electrons. The van der Waals surface area contributed by atoms with E-state index in [4.69, 9.17) is 5.73 Å². The number of benzene rings is 1. The average molecular weight is 368 g/mol. The highest BCUT2D eigenvalue weighted by Crippen LogP contribution is 2.26. The van der Waals surface area contributed by atoms with Crippen LogP contribution in [-0.2, 0) is 10.0 Å². The third-order valence-corrected chi connectivity index (χ3v) is 6.90. The van der Waals surface area contributed by atoms with E-state index >= 15 is 0 Å². The molecular formula is C17H25N3O2S2. The first-order valence-electron chi connectivity index (χ1n) is 7.96. The number of sulfonamides is 1. The molecule has 0 aliphatic rings. The monoisotopic (exact) mass is 367 g/mol. The molecule has 2 rings (SSSR count). The summed E-state index contributed by atoms with van der Waals surface area (Å²) < 4.78 is 26.9. The number of hydrogen-bond donors (Lipinski definition) is 1. The second kappa shape index (κ2) is 7.74. The normalized spacial score (nSPS) is 13.6. The Balaban J connectivity index is 2.20. The number of thiazole rings is 1. The fraction of sp³-hybridized carbons (Fsp3) is 0.471. The van der Waals surface area contributed by atoms with Crippen LogP contribution in [0.4, 0.5) is 0 Å². The van der Waals surface area contributed by atoms with Crippen molar-refractivity contribution >= 4 is 21.4 Å². The highest BCUT2D eigenvalue weighted by Gasteiger charge is 2.22. The van der Waals surface area contributed by atoms with Gasteiger partial charge in [0.15, 0.2) is 0 Å². The maximum absolute atomic E-state index is 12.8. The maximum Gasteiger partial charge on any atom is 0.242 e. The fourth-order valence-corrected chi connectivity index (χ4v) is 4.27. The standard InChI is InChI=1S/C17H25N3O2S2/c1-12(2)16(18)8-9-20(4)24(21,22)15-7-5-6-14(10-15)17-19-13(3)11-23-17/h5-7,10-12,16H,8-9,18H2,1-4H3. The molecule has 0 aliphatic heterocycles. The third kappa shape index (κ3) is 4.42. The van der Waals surface area contributed by atoms with Crippen LogP contribution >= 0.6 is 11.3 Å². The number of aryl methyl sites for hydroxylation is 1. The molecular weight excluding hydrogens is 342 g/mol. The minimum absolute atomic E-state index is 0.00715. The number of nitrogens with zero attached hydrogens (tertiary/aromatic N) is 2. The molecule has 5 nitrogen and oxygen atoms in total. The van der Waals surface area contributed by atoms with Gasteiger partial charge in [-0.3, -0.25) is 0 Å². The minimum Gasteiger partial charge on any atom is -0.327 e. The zero-order valence-corrected chi connectivity index (χ0v) is 16.2.